The van der Waals surface area contributed by atoms with E-state index in [4.69, 9.17) is 52.1 Å². The molecule has 1 amide bonds. The number of rotatable bonds is 5. The zero-order valence-electron chi connectivity index (χ0n) is 11.5. The second-order valence-corrected chi connectivity index (χ2v) is 6.95. The molecule has 10 heteroatoms. The number of halogens is 3. The van der Waals surface area contributed by atoms with Gasteiger partial charge in [0.25, 0.3) is 0 Å². The van der Waals surface area contributed by atoms with Crippen molar-refractivity contribution in [2.24, 2.45) is 0 Å². The molecule has 23 heavy (non-hydrogen) atoms. The van der Waals surface area contributed by atoms with E-state index in [1.165, 1.54) is 12.1 Å². The van der Waals surface area contributed by atoms with Crippen molar-refractivity contribution >= 4 is 69.7 Å². The molecule has 0 aliphatic heterocycles. The second kappa shape index (κ2) is 8.35. The Kier molecular flexibility index (Phi) is 7.08. The van der Waals surface area contributed by atoms with Crippen LogP contribution in [-0.2, 0) is 4.79 Å². The van der Waals surface area contributed by atoms with E-state index in [2.05, 4.69) is 22.5 Å². The van der Waals surface area contributed by atoms with Gasteiger partial charge in [-0.2, -0.15) is 0 Å². The van der Waals surface area contributed by atoms with E-state index in [9.17, 15) is 9.59 Å². The minimum absolute atomic E-state index is 0.0215. The van der Waals surface area contributed by atoms with E-state index >= 15 is 0 Å². The lowest BCUT2D eigenvalue weighted by atomic mass is 10.2. The summed E-state index contributed by atoms with van der Waals surface area (Å²) in [6.07, 6.45) is -0.113. The maximum Gasteiger partial charge on any atom is 0.335 e. The number of alkyl halides is 3. The number of carbonyl (C=O) groups is 2. The van der Waals surface area contributed by atoms with Gasteiger partial charge in [0, 0.05) is 5.69 Å². The number of benzene rings is 1. The normalized spacial score (nSPS) is 12.0. The molecule has 4 N–H and O–H groups in total. The Labute approximate surface area is 152 Å². The lowest BCUT2D eigenvalue weighted by Gasteiger charge is -2.27. The number of hydrogen-bond acceptors (Lipinski definition) is 3. The summed E-state index contributed by atoms with van der Waals surface area (Å²) < 4.78 is -1.88. The lowest BCUT2D eigenvalue weighted by Crippen LogP contribution is -2.55. The van der Waals surface area contributed by atoms with E-state index in [1.807, 2.05) is 0 Å². The van der Waals surface area contributed by atoms with Crippen molar-refractivity contribution in [2.75, 3.05) is 5.32 Å². The number of thiocarbonyl (C=S) groups is 1. The molecule has 0 aliphatic rings. The summed E-state index contributed by atoms with van der Waals surface area (Å²) in [4.78, 5) is 22.3. The Morgan fingerprint density at radius 2 is 1.96 bits per heavy atom. The summed E-state index contributed by atoms with van der Waals surface area (Å²) in [5, 5.41) is 16.7. The molecule has 1 rings (SSSR count). The van der Waals surface area contributed by atoms with Crippen molar-refractivity contribution in [2.45, 2.75) is 9.96 Å². The summed E-state index contributed by atoms with van der Waals surface area (Å²) in [5.41, 5.74) is 0.496. The smallest absolute Gasteiger partial charge is 0.335 e. The highest BCUT2D eigenvalue weighted by molar-refractivity contribution is 7.80. The molecule has 0 aliphatic carbocycles. The van der Waals surface area contributed by atoms with Crippen LogP contribution in [0.4, 0.5) is 5.69 Å². The van der Waals surface area contributed by atoms with Gasteiger partial charge in [0.05, 0.1) is 5.56 Å². The standard InChI is InChI=1S/C13H12Cl3N3O3S/c1-2-9(20)18-11(13(14,15)16)19-12(23)17-8-5-3-4-7(6-8)10(21)22/h2-6,11H,1H2,(H,18,20)(H,21,22)(H2,17,19,23). The van der Waals surface area contributed by atoms with E-state index in [0.29, 0.717) is 5.69 Å². The number of anilines is 1. The first kappa shape index (κ1) is 19.5. The topological polar surface area (TPSA) is 90.5 Å². The van der Waals surface area contributed by atoms with Crippen LogP contribution in [0.2, 0.25) is 0 Å². The molecule has 0 radical (unpaired) electrons. The fourth-order valence-electron chi connectivity index (χ4n) is 1.43. The SMILES string of the molecule is C=CC(=O)NC(NC(=S)Nc1cccc(C(=O)O)c1)C(Cl)(Cl)Cl. The highest BCUT2D eigenvalue weighted by Gasteiger charge is 2.34. The molecule has 124 valence electrons. The first-order chi connectivity index (χ1) is 10.6. The van der Waals surface area contributed by atoms with Gasteiger partial charge in [0.2, 0.25) is 9.70 Å². The highest BCUT2D eigenvalue weighted by atomic mass is 35.6. The molecule has 0 spiro atoms. The Morgan fingerprint density at radius 1 is 1.30 bits per heavy atom. The monoisotopic (exact) mass is 395 g/mol. The van der Waals surface area contributed by atoms with Crippen molar-refractivity contribution in [3.05, 3.63) is 42.5 Å². The number of aromatic carboxylic acids is 1. The molecular weight excluding hydrogens is 385 g/mol. The Balaban J connectivity index is 2.79. The van der Waals surface area contributed by atoms with Gasteiger partial charge >= 0.3 is 5.97 Å². The fraction of sp³-hybridized carbons (Fsp3) is 0.154. The molecule has 6 nitrogen and oxygen atoms in total. The average Bonchev–Trinajstić information content (AvgIpc) is 2.45. The van der Waals surface area contributed by atoms with E-state index in [1.54, 1.807) is 12.1 Å². The molecule has 0 aromatic heterocycles. The van der Waals surface area contributed by atoms with Crippen LogP contribution in [0.5, 0.6) is 0 Å². The van der Waals surface area contributed by atoms with Crippen molar-refractivity contribution < 1.29 is 14.7 Å². The van der Waals surface area contributed by atoms with Crippen molar-refractivity contribution in [3.63, 3.8) is 0 Å². The van der Waals surface area contributed by atoms with Gasteiger partial charge in [-0.05, 0) is 36.5 Å². The molecule has 0 saturated carbocycles. The third-order valence-electron chi connectivity index (χ3n) is 2.44. The van der Waals surface area contributed by atoms with Gasteiger partial charge in [-0.1, -0.05) is 47.4 Å². The average molecular weight is 397 g/mol. The number of nitrogens with one attached hydrogen (secondary N) is 3. The second-order valence-electron chi connectivity index (χ2n) is 4.17. The van der Waals surface area contributed by atoms with Crippen LogP contribution in [-0.4, -0.2) is 32.1 Å². The van der Waals surface area contributed by atoms with E-state index in [0.717, 1.165) is 6.08 Å². The third-order valence-corrected chi connectivity index (χ3v) is 3.32. The highest BCUT2D eigenvalue weighted by Crippen LogP contribution is 2.29. The molecule has 1 aromatic carbocycles. The van der Waals surface area contributed by atoms with Gasteiger partial charge < -0.3 is 21.1 Å². The minimum Gasteiger partial charge on any atom is -0.478 e. The lowest BCUT2D eigenvalue weighted by molar-refractivity contribution is -0.117. The summed E-state index contributed by atoms with van der Waals surface area (Å²) in [7, 11) is 0. The number of carboxylic acid groups (broad SMARTS) is 1. The molecule has 0 saturated heterocycles. The number of amides is 1. The van der Waals surface area contributed by atoms with Crippen molar-refractivity contribution in [3.8, 4) is 0 Å². The summed E-state index contributed by atoms with van der Waals surface area (Å²) >= 11 is 22.4. The zero-order valence-corrected chi connectivity index (χ0v) is 14.6. The molecule has 1 unspecified atom stereocenters. The molecule has 1 atom stereocenters. The van der Waals surface area contributed by atoms with Crippen molar-refractivity contribution in [1.29, 1.82) is 0 Å². The first-order valence-corrected chi connectivity index (χ1v) is 7.58. The largest absolute Gasteiger partial charge is 0.478 e. The summed E-state index contributed by atoms with van der Waals surface area (Å²) in [6, 6.07) is 5.95. The molecule has 0 bridgehead atoms. The van der Waals surface area contributed by atoms with Gasteiger partial charge in [-0.3, -0.25) is 4.79 Å². The first-order valence-electron chi connectivity index (χ1n) is 6.04. The van der Waals surface area contributed by atoms with Crippen LogP contribution < -0.4 is 16.0 Å². The third kappa shape index (κ3) is 6.62. The predicted octanol–water partition coefficient (Wildman–Crippen LogP) is 2.67. The summed E-state index contributed by atoms with van der Waals surface area (Å²) in [5.74, 6) is -1.64. The quantitative estimate of drug-likeness (QED) is 0.265. The van der Waals surface area contributed by atoms with E-state index in [-0.39, 0.29) is 10.7 Å². The van der Waals surface area contributed by atoms with Gasteiger partial charge in [-0.15, -0.1) is 0 Å². The Bertz CT molecular complexity index is 634. The zero-order chi connectivity index (χ0) is 17.6. The molecular formula is C13H12Cl3N3O3S. The Hall–Kier alpha value is -1.54. The fourth-order valence-corrected chi connectivity index (χ4v) is 1.99. The maximum atomic E-state index is 11.4. The van der Waals surface area contributed by atoms with Crippen LogP contribution in [0.3, 0.4) is 0 Å². The molecule has 0 heterocycles. The van der Waals surface area contributed by atoms with E-state index < -0.39 is 21.8 Å². The molecule has 0 fully saturated rings. The van der Waals surface area contributed by atoms with Crippen LogP contribution in [0, 0.1) is 0 Å². The number of hydrogen-bond donors (Lipinski definition) is 4. The van der Waals surface area contributed by atoms with Crippen LogP contribution in [0.1, 0.15) is 10.4 Å². The van der Waals surface area contributed by atoms with Crippen molar-refractivity contribution in [1.82, 2.24) is 10.6 Å². The number of carboxylic acids is 1. The minimum atomic E-state index is -1.88. The Morgan fingerprint density at radius 3 is 2.48 bits per heavy atom. The van der Waals surface area contributed by atoms with Gasteiger partial charge in [0.1, 0.15) is 6.17 Å². The van der Waals surface area contributed by atoms with Gasteiger partial charge in [-0.25, -0.2) is 4.79 Å². The van der Waals surface area contributed by atoms with Crippen LogP contribution in [0.15, 0.2) is 36.9 Å². The van der Waals surface area contributed by atoms with Crippen LogP contribution in [0.25, 0.3) is 0 Å². The molecule has 1 aromatic rings. The predicted molar refractivity (Wildman–Crippen MR) is 95.2 cm³/mol. The van der Waals surface area contributed by atoms with Crippen LogP contribution >= 0.6 is 47.0 Å². The maximum absolute atomic E-state index is 11.4. The van der Waals surface area contributed by atoms with Gasteiger partial charge in [0.15, 0.2) is 5.11 Å². The number of carbonyl (C=O) groups excluding carboxylic acids is 1. The summed E-state index contributed by atoms with van der Waals surface area (Å²) in [6.45, 7) is 3.30.